The summed E-state index contributed by atoms with van der Waals surface area (Å²) >= 11 is 0. The number of hydrogen-bond donors (Lipinski definition) is 1. The Morgan fingerprint density at radius 1 is 1.08 bits per heavy atom. The summed E-state index contributed by atoms with van der Waals surface area (Å²) in [6, 6.07) is 7.91. The lowest BCUT2D eigenvalue weighted by Crippen LogP contribution is -2.52. The smallest absolute Gasteiger partial charge is 0.272 e. The molecule has 2 aliphatic rings. The van der Waals surface area contributed by atoms with Gasteiger partial charge in [-0.15, -0.1) is 0 Å². The maximum absolute atomic E-state index is 13.3. The minimum Gasteiger partial charge on any atom is -0.473 e. The van der Waals surface area contributed by atoms with Crippen molar-refractivity contribution in [2.75, 3.05) is 45.2 Å². The molecule has 0 bridgehead atoms. The Kier molecular flexibility index (Phi) is 8.11. The lowest BCUT2D eigenvalue weighted by Gasteiger charge is -2.43. The summed E-state index contributed by atoms with van der Waals surface area (Å²) in [5.41, 5.74) is 8.40. The molecule has 36 heavy (non-hydrogen) atoms. The average molecular weight is 517 g/mol. The van der Waals surface area contributed by atoms with Crippen LogP contribution in [0.4, 0.5) is 5.69 Å². The van der Waals surface area contributed by atoms with Crippen molar-refractivity contribution < 1.29 is 17.9 Å². The SMILES string of the molecule is Cc1c(OCc2ccc(N)cc2)ncnc1C(=O)N1CCC(N2CCC(N(C)S(C)(=O)=O)CC2)CC1. The fourth-order valence-electron chi connectivity index (χ4n) is 5.03. The van der Waals surface area contributed by atoms with Gasteiger partial charge in [0.25, 0.3) is 5.91 Å². The molecule has 0 spiro atoms. The van der Waals surface area contributed by atoms with E-state index in [0.717, 1.165) is 44.3 Å². The fraction of sp³-hybridized carbons (Fsp3) is 0.560. The molecule has 0 atom stereocenters. The zero-order valence-corrected chi connectivity index (χ0v) is 22.1. The first kappa shape index (κ1) is 26.3. The number of nitrogens with two attached hydrogens (primary N) is 1. The zero-order valence-electron chi connectivity index (χ0n) is 21.3. The minimum absolute atomic E-state index is 0.0649. The van der Waals surface area contributed by atoms with Gasteiger partial charge in [0.1, 0.15) is 18.6 Å². The first-order valence-corrected chi connectivity index (χ1v) is 14.2. The summed E-state index contributed by atoms with van der Waals surface area (Å²) in [7, 11) is -1.50. The molecule has 10 nitrogen and oxygen atoms in total. The van der Waals surface area contributed by atoms with E-state index in [2.05, 4.69) is 14.9 Å². The van der Waals surface area contributed by atoms with Crippen LogP contribution in [0, 0.1) is 6.92 Å². The number of likely N-dealkylation sites (tertiary alicyclic amines) is 2. The van der Waals surface area contributed by atoms with Crippen LogP contribution in [0.15, 0.2) is 30.6 Å². The Labute approximate surface area is 213 Å². The normalized spacial score (nSPS) is 18.5. The topological polar surface area (TPSA) is 122 Å². The second-order valence-electron chi connectivity index (χ2n) is 9.75. The molecule has 196 valence electrons. The molecule has 0 radical (unpaired) electrons. The van der Waals surface area contributed by atoms with Gasteiger partial charge in [0.05, 0.1) is 6.26 Å². The summed E-state index contributed by atoms with van der Waals surface area (Å²) in [5, 5.41) is 0. The molecule has 3 heterocycles. The Morgan fingerprint density at radius 2 is 1.72 bits per heavy atom. The van der Waals surface area contributed by atoms with E-state index in [4.69, 9.17) is 10.5 Å². The number of hydrogen-bond acceptors (Lipinski definition) is 8. The molecule has 0 saturated carbocycles. The first-order chi connectivity index (χ1) is 17.1. The number of nitrogen functional groups attached to an aromatic ring is 1. The molecule has 11 heteroatoms. The van der Waals surface area contributed by atoms with Crippen molar-refractivity contribution in [1.29, 1.82) is 0 Å². The molecule has 2 aliphatic heterocycles. The molecule has 2 fully saturated rings. The van der Waals surface area contributed by atoms with Crippen LogP contribution in [0.3, 0.4) is 0 Å². The highest BCUT2D eigenvalue weighted by Crippen LogP contribution is 2.26. The van der Waals surface area contributed by atoms with E-state index in [0.29, 0.717) is 48.6 Å². The van der Waals surface area contributed by atoms with Crippen LogP contribution in [0.1, 0.15) is 47.3 Å². The molecule has 4 rings (SSSR count). The molecular formula is C25H36N6O4S. The number of amides is 1. The number of carbonyl (C=O) groups is 1. The van der Waals surface area contributed by atoms with Crippen molar-refractivity contribution in [2.45, 2.75) is 51.3 Å². The van der Waals surface area contributed by atoms with E-state index >= 15 is 0 Å². The largest absolute Gasteiger partial charge is 0.473 e. The highest BCUT2D eigenvalue weighted by Gasteiger charge is 2.33. The van der Waals surface area contributed by atoms with Gasteiger partial charge in [-0.25, -0.2) is 22.7 Å². The highest BCUT2D eigenvalue weighted by molar-refractivity contribution is 7.88. The van der Waals surface area contributed by atoms with Crippen LogP contribution in [-0.2, 0) is 16.6 Å². The van der Waals surface area contributed by atoms with Crippen molar-refractivity contribution in [1.82, 2.24) is 24.1 Å². The first-order valence-electron chi connectivity index (χ1n) is 12.4. The number of rotatable bonds is 7. The second-order valence-corrected chi connectivity index (χ2v) is 11.8. The quantitative estimate of drug-likeness (QED) is 0.554. The summed E-state index contributed by atoms with van der Waals surface area (Å²) < 4.78 is 31.1. The standard InChI is InChI=1S/C25H36N6O4S/c1-18-23(27-17-28-24(18)35-16-19-4-6-20(26)7-5-19)25(32)31-14-10-22(11-15-31)30-12-8-21(9-13-30)29(2)36(3,33)34/h4-7,17,21-22H,8-16,26H2,1-3H3. The molecule has 2 N–H and O–H groups in total. The van der Waals surface area contributed by atoms with Crippen LogP contribution in [0.25, 0.3) is 0 Å². The van der Waals surface area contributed by atoms with Crippen LogP contribution < -0.4 is 10.5 Å². The molecule has 2 saturated heterocycles. The molecule has 0 unspecified atom stereocenters. The van der Waals surface area contributed by atoms with Crippen LogP contribution in [-0.4, -0.2) is 90.0 Å². The van der Waals surface area contributed by atoms with Gasteiger partial charge in [-0.2, -0.15) is 0 Å². The number of carbonyl (C=O) groups excluding carboxylic acids is 1. The molecular weight excluding hydrogens is 480 g/mol. The van der Waals surface area contributed by atoms with Gasteiger partial charge in [0.15, 0.2) is 0 Å². The number of sulfonamides is 1. The third-order valence-corrected chi connectivity index (χ3v) is 8.74. The van der Waals surface area contributed by atoms with E-state index in [1.165, 1.54) is 16.9 Å². The predicted molar refractivity (Wildman–Crippen MR) is 138 cm³/mol. The van der Waals surface area contributed by atoms with Gasteiger partial charge in [0, 0.05) is 43.5 Å². The predicted octanol–water partition coefficient (Wildman–Crippen LogP) is 1.91. The van der Waals surface area contributed by atoms with E-state index in [1.54, 1.807) is 7.05 Å². The minimum atomic E-state index is -3.17. The number of anilines is 1. The Balaban J connectivity index is 1.30. The number of nitrogens with zero attached hydrogens (tertiary/aromatic N) is 5. The molecule has 2 aromatic rings. The van der Waals surface area contributed by atoms with Gasteiger partial charge in [-0.05, 0) is 63.4 Å². The molecule has 0 aliphatic carbocycles. The van der Waals surface area contributed by atoms with Gasteiger partial charge in [0.2, 0.25) is 15.9 Å². The van der Waals surface area contributed by atoms with Gasteiger partial charge in [-0.1, -0.05) is 12.1 Å². The number of ether oxygens (including phenoxy) is 1. The highest BCUT2D eigenvalue weighted by atomic mass is 32.2. The van der Waals surface area contributed by atoms with E-state index in [9.17, 15) is 13.2 Å². The monoisotopic (exact) mass is 516 g/mol. The summed E-state index contributed by atoms with van der Waals surface area (Å²) in [4.78, 5) is 26.1. The number of aromatic nitrogens is 2. The van der Waals surface area contributed by atoms with Crippen molar-refractivity contribution in [3.63, 3.8) is 0 Å². The third-order valence-electron chi connectivity index (χ3n) is 7.40. The van der Waals surface area contributed by atoms with Crippen molar-refractivity contribution in [2.24, 2.45) is 0 Å². The van der Waals surface area contributed by atoms with Gasteiger partial charge < -0.3 is 20.3 Å². The second kappa shape index (κ2) is 11.1. The third kappa shape index (κ3) is 6.13. The zero-order chi connectivity index (χ0) is 25.9. The summed E-state index contributed by atoms with van der Waals surface area (Å²) in [6.45, 7) is 5.23. The maximum atomic E-state index is 13.3. The Hall–Kier alpha value is -2.76. The van der Waals surface area contributed by atoms with Crippen LogP contribution in [0.5, 0.6) is 5.88 Å². The summed E-state index contributed by atoms with van der Waals surface area (Å²) in [6.07, 6.45) is 6.10. The van der Waals surface area contributed by atoms with E-state index in [-0.39, 0.29) is 11.9 Å². The molecule has 1 aromatic heterocycles. The number of benzene rings is 1. The molecule has 1 aromatic carbocycles. The Bertz CT molecular complexity index is 1160. The van der Waals surface area contributed by atoms with Crippen molar-refractivity contribution in [3.05, 3.63) is 47.4 Å². The van der Waals surface area contributed by atoms with E-state index < -0.39 is 10.0 Å². The van der Waals surface area contributed by atoms with Gasteiger partial charge in [-0.3, -0.25) is 4.79 Å². The lowest BCUT2D eigenvalue weighted by molar-refractivity contribution is 0.0542. The summed E-state index contributed by atoms with van der Waals surface area (Å²) in [5.74, 6) is 0.307. The van der Waals surface area contributed by atoms with Gasteiger partial charge >= 0.3 is 0 Å². The van der Waals surface area contributed by atoms with Crippen LogP contribution in [0.2, 0.25) is 0 Å². The van der Waals surface area contributed by atoms with Crippen molar-refractivity contribution in [3.8, 4) is 5.88 Å². The molecule has 1 amide bonds. The lowest BCUT2D eigenvalue weighted by atomic mass is 9.97. The Morgan fingerprint density at radius 3 is 2.33 bits per heavy atom. The number of piperidine rings is 2. The fourth-order valence-corrected chi connectivity index (χ4v) is 5.78. The van der Waals surface area contributed by atoms with E-state index in [1.807, 2.05) is 36.1 Å². The average Bonchev–Trinajstić information content (AvgIpc) is 2.88. The maximum Gasteiger partial charge on any atom is 0.272 e. The van der Waals surface area contributed by atoms with Crippen LogP contribution >= 0.6 is 0 Å². The van der Waals surface area contributed by atoms with Crippen molar-refractivity contribution >= 4 is 21.6 Å².